The third kappa shape index (κ3) is 7.58. The maximum Gasteiger partial charge on any atom is 0.416 e. The Kier molecular flexibility index (Phi) is 8.39. The number of nitrogens with zero attached hydrogens (tertiary/aromatic N) is 2. The summed E-state index contributed by atoms with van der Waals surface area (Å²) in [6.45, 7) is 8.85. The molecule has 0 atom stereocenters. The summed E-state index contributed by atoms with van der Waals surface area (Å²) in [4.78, 5) is 6.20. The van der Waals surface area contributed by atoms with Crippen LogP contribution in [-0.2, 0) is 27.5 Å². The van der Waals surface area contributed by atoms with Crippen molar-refractivity contribution in [1.82, 2.24) is 9.71 Å². The summed E-state index contributed by atoms with van der Waals surface area (Å²) in [5, 5.41) is 0. The van der Waals surface area contributed by atoms with E-state index < -0.39 is 27.3 Å². The van der Waals surface area contributed by atoms with Crippen molar-refractivity contribution in [3.63, 3.8) is 0 Å². The van der Waals surface area contributed by atoms with Gasteiger partial charge in [-0.2, -0.15) is 13.2 Å². The van der Waals surface area contributed by atoms with Gasteiger partial charge in [-0.1, -0.05) is 42.0 Å². The topological polar surface area (TPSA) is 71.5 Å². The molecule has 0 spiro atoms. The first-order valence-electron chi connectivity index (χ1n) is 12.8. The fourth-order valence-corrected chi connectivity index (χ4v) is 6.21. The van der Waals surface area contributed by atoms with Crippen molar-refractivity contribution in [3.05, 3.63) is 77.5 Å². The SMILES string of the molecule is Cc1ccc(S(=O)(=O)NC(C)(C)C)c(-c2ccc(COC3CCN(c4cc(C(F)(F)F)ccn4)CC3)cc2)c1. The van der Waals surface area contributed by atoms with Gasteiger partial charge in [-0.05, 0) is 69.9 Å². The molecule has 1 aromatic heterocycles. The number of sulfonamides is 1. The number of hydrogen-bond donors (Lipinski definition) is 1. The van der Waals surface area contributed by atoms with Crippen LogP contribution in [0.5, 0.6) is 0 Å². The van der Waals surface area contributed by atoms with Gasteiger partial charge in [0.25, 0.3) is 0 Å². The summed E-state index contributed by atoms with van der Waals surface area (Å²) in [5.41, 5.74) is 2.02. The molecule has 0 bridgehead atoms. The number of hydrogen-bond acceptors (Lipinski definition) is 5. The van der Waals surface area contributed by atoms with E-state index in [1.165, 1.54) is 6.20 Å². The van der Waals surface area contributed by atoms with Gasteiger partial charge in [-0.3, -0.25) is 0 Å². The minimum Gasteiger partial charge on any atom is -0.373 e. The smallest absolute Gasteiger partial charge is 0.373 e. The molecule has 210 valence electrons. The van der Waals surface area contributed by atoms with Crippen molar-refractivity contribution in [2.24, 2.45) is 0 Å². The van der Waals surface area contributed by atoms with E-state index >= 15 is 0 Å². The standard InChI is InChI=1S/C29H34F3N3O3S/c1-20-5-10-26(39(36,37)34-28(2,3)4)25(17-20)22-8-6-21(7-9-22)19-38-24-12-15-35(16-13-24)27-18-23(11-14-33-27)29(30,31)32/h5-11,14,17-18,24,34H,12-13,15-16,19H2,1-4H3. The summed E-state index contributed by atoms with van der Waals surface area (Å²) in [7, 11) is -3.72. The quantitative estimate of drug-likeness (QED) is 0.365. The molecule has 0 aliphatic carbocycles. The molecule has 39 heavy (non-hydrogen) atoms. The van der Waals surface area contributed by atoms with Crippen LogP contribution >= 0.6 is 0 Å². The largest absolute Gasteiger partial charge is 0.416 e. The fraction of sp³-hybridized carbons (Fsp3) is 0.414. The molecule has 3 aromatic rings. The monoisotopic (exact) mass is 561 g/mol. The Morgan fingerprint density at radius 2 is 1.67 bits per heavy atom. The number of halogens is 3. The second kappa shape index (κ2) is 11.3. The van der Waals surface area contributed by atoms with E-state index in [4.69, 9.17) is 4.74 Å². The Hall–Kier alpha value is -2.95. The van der Waals surface area contributed by atoms with Gasteiger partial charge in [0.05, 0.1) is 23.2 Å². The molecule has 2 aromatic carbocycles. The van der Waals surface area contributed by atoms with Gasteiger partial charge in [0.1, 0.15) is 5.82 Å². The molecular formula is C29H34F3N3O3S. The first-order valence-corrected chi connectivity index (χ1v) is 14.3. The maximum absolute atomic E-state index is 13.1. The Balaban J connectivity index is 1.38. The molecular weight excluding hydrogens is 527 g/mol. The predicted molar refractivity (Wildman–Crippen MR) is 146 cm³/mol. The van der Waals surface area contributed by atoms with Crippen LogP contribution in [0, 0.1) is 6.92 Å². The molecule has 0 saturated carbocycles. The molecule has 1 saturated heterocycles. The average molecular weight is 562 g/mol. The van der Waals surface area contributed by atoms with Crippen molar-refractivity contribution in [1.29, 1.82) is 0 Å². The lowest BCUT2D eigenvalue weighted by molar-refractivity contribution is -0.137. The molecule has 0 radical (unpaired) electrons. The highest BCUT2D eigenvalue weighted by Gasteiger charge is 2.32. The normalized spacial score (nSPS) is 15.5. The molecule has 1 aliphatic heterocycles. The van der Waals surface area contributed by atoms with Crippen molar-refractivity contribution in [3.8, 4) is 11.1 Å². The number of rotatable bonds is 7. The summed E-state index contributed by atoms with van der Waals surface area (Å²) >= 11 is 0. The van der Waals surface area contributed by atoms with Crippen molar-refractivity contribution < 1.29 is 26.3 Å². The summed E-state index contributed by atoms with van der Waals surface area (Å²) in [6.07, 6.45) is -1.85. The van der Waals surface area contributed by atoms with Crippen LogP contribution < -0.4 is 9.62 Å². The van der Waals surface area contributed by atoms with Crippen LogP contribution in [0.1, 0.15) is 50.3 Å². The number of piperidine rings is 1. The Morgan fingerprint density at radius 3 is 2.28 bits per heavy atom. The number of aromatic nitrogens is 1. The van der Waals surface area contributed by atoms with Crippen LogP contribution in [0.2, 0.25) is 0 Å². The van der Waals surface area contributed by atoms with Crippen LogP contribution in [0.25, 0.3) is 11.1 Å². The summed E-state index contributed by atoms with van der Waals surface area (Å²) in [5.74, 6) is 0.328. The highest BCUT2D eigenvalue weighted by atomic mass is 32.2. The Labute approximate surface area is 228 Å². The zero-order chi connectivity index (χ0) is 28.4. The van der Waals surface area contributed by atoms with E-state index in [2.05, 4.69) is 9.71 Å². The molecule has 6 nitrogen and oxygen atoms in total. The highest BCUT2D eigenvalue weighted by Crippen LogP contribution is 2.32. The zero-order valence-electron chi connectivity index (χ0n) is 22.5. The lowest BCUT2D eigenvalue weighted by Gasteiger charge is -2.33. The van der Waals surface area contributed by atoms with Gasteiger partial charge >= 0.3 is 6.18 Å². The molecule has 1 fully saturated rings. The van der Waals surface area contributed by atoms with Gasteiger partial charge in [-0.15, -0.1) is 0 Å². The average Bonchev–Trinajstić information content (AvgIpc) is 2.86. The number of alkyl halides is 3. The zero-order valence-corrected chi connectivity index (χ0v) is 23.4. The van der Waals surface area contributed by atoms with E-state index in [1.807, 2.05) is 42.2 Å². The van der Waals surface area contributed by atoms with Gasteiger partial charge < -0.3 is 9.64 Å². The number of pyridine rings is 1. The molecule has 0 unspecified atom stereocenters. The van der Waals surface area contributed by atoms with E-state index in [0.29, 0.717) is 43.9 Å². The Bertz CT molecular complexity index is 1390. The van der Waals surface area contributed by atoms with Crippen LogP contribution in [0.4, 0.5) is 19.0 Å². The minimum atomic E-state index is -4.40. The number of anilines is 1. The van der Waals surface area contributed by atoms with Crippen molar-refractivity contribution >= 4 is 15.8 Å². The first-order chi connectivity index (χ1) is 18.2. The number of ether oxygens (including phenoxy) is 1. The summed E-state index contributed by atoms with van der Waals surface area (Å²) in [6, 6.07) is 15.0. The second-order valence-corrected chi connectivity index (χ2v) is 12.6. The fourth-order valence-electron chi connectivity index (χ4n) is 4.58. The lowest BCUT2D eigenvalue weighted by Crippen LogP contribution is -2.40. The lowest BCUT2D eigenvalue weighted by atomic mass is 10.0. The van der Waals surface area contributed by atoms with E-state index in [0.717, 1.165) is 28.8 Å². The predicted octanol–water partition coefficient (Wildman–Crippen LogP) is 6.34. The van der Waals surface area contributed by atoms with E-state index in [1.54, 1.807) is 32.9 Å². The summed E-state index contributed by atoms with van der Waals surface area (Å²) < 4.78 is 74.1. The van der Waals surface area contributed by atoms with Gasteiger partial charge in [0.2, 0.25) is 10.0 Å². The van der Waals surface area contributed by atoms with Gasteiger partial charge in [0.15, 0.2) is 0 Å². The van der Waals surface area contributed by atoms with Crippen LogP contribution in [-0.4, -0.2) is 38.1 Å². The Morgan fingerprint density at radius 1 is 1.00 bits per heavy atom. The second-order valence-electron chi connectivity index (χ2n) is 10.9. The maximum atomic E-state index is 13.1. The molecule has 1 aliphatic rings. The van der Waals surface area contributed by atoms with Crippen LogP contribution in [0.3, 0.4) is 0 Å². The third-order valence-corrected chi connectivity index (χ3v) is 8.27. The van der Waals surface area contributed by atoms with E-state index in [9.17, 15) is 21.6 Å². The number of nitrogens with one attached hydrogen (secondary N) is 1. The molecule has 0 amide bonds. The molecule has 2 heterocycles. The third-order valence-electron chi connectivity index (χ3n) is 6.45. The number of aryl methyl sites for hydroxylation is 1. The van der Waals surface area contributed by atoms with Gasteiger partial charge in [-0.25, -0.2) is 18.1 Å². The highest BCUT2D eigenvalue weighted by molar-refractivity contribution is 7.89. The number of benzene rings is 2. The molecule has 1 N–H and O–H groups in total. The van der Waals surface area contributed by atoms with Crippen molar-refractivity contribution in [2.75, 3.05) is 18.0 Å². The van der Waals surface area contributed by atoms with Gasteiger partial charge in [0, 0.05) is 30.4 Å². The molecule has 10 heteroatoms. The van der Waals surface area contributed by atoms with E-state index in [-0.39, 0.29) is 11.0 Å². The minimum absolute atomic E-state index is 0.0104. The molecule has 4 rings (SSSR count). The van der Waals surface area contributed by atoms with Crippen molar-refractivity contribution in [2.45, 2.75) is 69.9 Å². The first kappa shape index (κ1) is 29.0. The van der Waals surface area contributed by atoms with Crippen LogP contribution in [0.15, 0.2) is 65.7 Å².